The molecule has 5 heteroatoms. The molecule has 24 heavy (non-hydrogen) atoms. The maximum atomic E-state index is 6.04. The van der Waals surface area contributed by atoms with Gasteiger partial charge in [0.25, 0.3) is 0 Å². The van der Waals surface area contributed by atoms with Gasteiger partial charge >= 0.3 is 0 Å². The van der Waals surface area contributed by atoms with Gasteiger partial charge in [-0.3, -0.25) is 4.90 Å². The first kappa shape index (κ1) is 18.7. The van der Waals surface area contributed by atoms with Crippen LogP contribution < -0.4 is 11.1 Å². The molecule has 0 aromatic heterocycles. The van der Waals surface area contributed by atoms with Gasteiger partial charge in [-0.2, -0.15) is 0 Å². The summed E-state index contributed by atoms with van der Waals surface area (Å²) in [5.74, 6) is 0.550. The standard InChI is InChI=1S/C19H33N5/c1-4-23(3)15-17-9-6-8-16(12-17)13-21-19(20)22-14-18-10-7-11-24(18)5-2/h6,8-9,12,18H,4-5,7,10-11,13-15H2,1-3H3,(H3,20,21,22). The molecule has 3 N–H and O–H groups in total. The summed E-state index contributed by atoms with van der Waals surface area (Å²) in [5, 5.41) is 3.29. The zero-order chi connectivity index (χ0) is 17.4. The smallest absolute Gasteiger partial charge is 0.188 e. The van der Waals surface area contributed by atoms with Crippen LogP contribution in [0.15, 0.2) is 29.3 Å². The van der Waals surface area contributed by atoms with Crippen molar-refractivity contribution in [3.63, 3.8) is 0 Å². The van der Waals surface area contributed by atoms with E-state index in [-0.39, 0.29) is 0 Å². The minimum atomic E-state index is 0.550. The predicted octanol–water partition coefficient (Wildman–Crippen LogP) is 2.03. The molecule has 0 radical (unpaired) electrons. The number of nitrogens with zero attached hydrogens (tertiary/aromatic N) is 3. The Morgan fingerprint density at radius 1 is 1.38 bits per heavy atom. The zero-order valence-corrected chi connectivity index (χ0v) is 15.5. The van der Waals surface area contributed by atoms with Gasteiger partial charge in [0.15, 0.2) is 5.96 Å². The van der Waals surface area contributed by atoms with E-state index in [0.29, 0.717) is 18.5 Å². The molecule has 1 saturated heterocycles. The van der Waals surface area contributed by atoms with Gasteiger partial charge in [0.2, 0.25) is 0 Å². The number of hydrogen-bond acceptors (Lipinski definition) is 3. The van der Waals surface area contributed by atoms with E-state index in [4.69, 9.17) is 5.73 Å². The van der Waals surface area contributed by atoms with Crippen molar-refractivity contribution in [2.24, 2.45) is 10.7 Å². The van der Waals surface area contributed by atoms with Gasteiger partial charge in [-0.05, 0) is 50.7 Å². The average Bonchev–Trinajstić information content (AvgIpc) is 3.06. The molecule has 1 aromatic carbocycles. The lowest BCUT2D eigenvalue weighted by molar-refractivity contribution is 0.267. The highest BCUT2D eigenvalue weighted by molar-refractivity contribution is 5.77. The van der Waals surface area contributed by atoms with Crippen molar-refractivity contribution in [1.82, 2.24) is 15.1 Å². The van der Waals surface area contributed by atoms with Crippen LogP contribution in [0.5, 0.6) is 0 Å². The fraction of sp³-hybridized carbons (Fsp3) is 0.632. The fourth-order valence-electron chi connectivity index (χ4n) is 3.25. The molecule has 1 fully saturated rings. The summed E-state index contributed by atoms with van der Waals surface area (Å²) in [6.07, 6.45) is 2.54. The Bertz CT molecular complexity index is 528. The Balaban J connectivity index is 1.82. The summed E-state index contributed by atoms with van der Waals surface area (Å²) in [4.78, 5) is 9.30. The monoisotopic (exact) mass is 331 g/mol. The van der Waals surface area contributed by atoms with Gasteiger partial charge in [0.1, 0.15) is 0 Å². The average molecular weight is 332 g/mol. The van der Waals surface area contributed by atoms with Gasteiger partial charge in [-0.1, -0.05) is 38.1 Å². The number of guanidine groups is 1. The number of nitrogens with two attached hydrogens (primary N) is 1. The van der Waals surface area contributed by atoms with E-state index >= 15 is 0 Å². The molecule has 1 unspecified atom stereocenters. The molecule has 0 amide bonds. The zero-order valence-electron chi connectivity index (χ0n) is 15.5. The third-order valence-corrected chi connectivity index (χ3v) is 4.84. The van der Waals surface area contributed by atoms with E-state index in [1.807, 2.05) is 0 Å². The molecule has 0 aliphatic carbocycles. The topological polar surface area (TPSA) is 56.9 Å². The Kier molecular flexibility index (Phi) is 7.53. The lowest BCUT2D eigenvalue weighted by atomic mass is 10.1. The molecular formula is C19H33N5. The molecular weight excluding hydrogens is 298 g/mol. The lowest BCUT2D eigenvalue weighted by Gasteiger charge is -2.23. The number of benzene rings is 1. The second-order valence-corrected chi connectivity index (χ2v) is 6.66. The Morgan fingerprint density at radius 2 is 2.17 bits per heavy atom. The van der Waals surface area contributed by atoms with Gasteiger partial charge in [0, 0.05) is 19.1 Å². The minimum Gasteiger partial charge on any atom is -0.370 e. The quantitative estimate of drug-likeness (QED) is 0.565. The second-order valence-electron chi connectivity index (χ2n) is 6.66. The molecule has 5 nitrogen and oxygen atoms in total. The number of likely N-dealkylation sites (N-methyl/N-ethyl adjacent to an activating group) is 1. The highest BCUT2D eigenvalue weighted by Gasteiger charge is 2.22. The van der Waals surface area contributed by atoms with Crippen LogP contribution in [0.25, 0.3) is 0 Å². The van der Waals surface area contributed by atoms with Crippen molar-refractivity contribution in [1.29, 1.82) is 0 Å². The van der Waals surface area contributed by atoms with E-state index in [1.54, 1.807) is 0 Å². The van der Waals surface area contributed by atoms with Gasteiger partial charge in [-0.25, -0.2) is 4.99 Å². The molecule has 0 saturated carbocycles. The summed E-state index contributed by atoms with van der Waals surface area (Å²) in [5.41, 5.74) is 8.57. The first-order valence-corrected chi connectivity index (χ1v) is 9.16. The molecule has 1 atom stereocenters. The van der Waals surface area contributed by atoms with Crippen LogP contribution in [0, 0.1) is 0 Å². The first-order valence-electron chi connectivity index (χ1n) is 9.16. The van der Waals surface area contributed by atoms with Gasteiger partial charge < -0.3 is 16.0 Å². The number of rotatable bonds is 8. The van der Waals surface area contributed by atoms with Crippen molar-refractivity contribution in [2.45, 2.75) is 45.8 Å². The lowest BCUT2D eigenvalue weighted by Crippen LogP contribution is -2.42. The number of hydrogen-bond donors (Lipinski definition) is 2. The van der Waals surface area contributed by atoms with Gasteiger partial charge in [0.05, 0.1) is 6.54 Å². The van der Waals surface area contributed by atoms with E-state index in [1.165, 1.54) is 30.5 Å². The third-order valence-electron chi connectivity index (χ3n) is 4.84. The molecule has 1 aliphatic heterocycles. The van der Waals surface area contributed by atoms with Crippen LogP contribution in [-0.4, -0.2) is 55.0 Å². The highest BCUT2D eigenvalue weighted by atomic mass is 15.2. The largest absolute Gasteiger partial charge is 0.370 e. The van der Waals surface area contributed by atoms with Crippen LogP contribution in [0.3, 0.4) is 0 Å². The number of aliphatic imine (C=N–C) groups is 1. The summed E-state index contributed by atoms with van der Waals surface area (Å²) in [7, 11) is 2.13. The maximum absolute atomic E-state index is 6.04. The molecule has 2 rings (SSSR count). The van der Waals surface area contributed by atoms with Crippen LogP contribution in [-0.2, 0) is 13.1 Å². The van der Waals surface area contributed by atoms with Crippen LogP contribution in [0.4, 0.5) is 0 Å². The Labute approximate surface area is 146 Å². The SMILES string of the molecule is CCN(C)Cc1cccc(CN=C(N)NCC2CCCN2CC)c1. The van der Waals surface area contributed by atoms with Crippen molar-refractivity contribution < 1.29 is 0 Å². The van der Waals surface area contributed by atoms with E-state index in [2.05, 4.69) is 65.3 Å². The first-order chi connectivity index (χ1) is 11.6. The summed E-state index contributed by atoms with van der Waals surface area (Å²) >= 11 is 0. The van der Waals surface area contributed by atoms with Crippen molar-refractivity contribution >= 4 is 5.96 Å². The Morgan fingerprint density at radius 3 is 2.92 bits per heavy atom. The minimum absolute atomic E-state index is 0.550. The van der Waals surface area contributed by atoms with Crippen LogP contribution >= 0.6 is 0 Å². The molecule has 1 heterocycles. The van der Waals surface area contributed by atoms with Crippen molar-refractivity contribution in [2.75, 3.05) is 33.2 Å². The molecule has 134 valence electrons. The molecule has 1 aliphatic rings. The van der Waals surface area contributed by atoms with E-state index in [9.17, 15) is 0 Å². The molecule has 0 spiro atoms. The highest BCUT2D eigenvalue weighted by Crippen LogP contribution is 2.15. The number of likely N-dealkylation sites (tertiary alicyclic amines) is 1. The van der Waals surface area contributed by atoms with E-state index < -0.39 is 0 Å². The molecule has 1 aromatic rings. The maximum Gasteiger partial charge on any atom is 0.188 e. The summed E-state index contributed by atoms with van der Waals surface area (Å²) < 4.78 is 0. The third kappa shape index (κ3) is 5.80. The fourth-order valence-corrected chi connectivity index (χ4v) is 3.25. The van der Waals surface area contributed by atoms with Gasteiger partial charge in [-0.15, -0.1) is 0 Å². The van der Waals surface area contributed by atoms with Crippen LogP contribution in [0.2, 0.25) is 0 Å². The second kappa shape index (κ2) is 9.64. The molecule has 0 bridgehead atoms. The summed E-state index contributed by atoms with van der Waals surface area (Å²) in [6.45, 7) is 10.3. The normalized spacial score (nSPS) is 19.2. The van der Waals surface area contributed by atoms with Crippen molar-refractivity contribution in [3.8, 4) is 0 Å². The van der Waals surface area contributed by atoms with E-state index in [0.717, 1.165) is 26.2 Å². The number of nitrogens with one attached hydrogen (secondary N) is 1. The summed E-state index contributed by atoms with van der Waals surface area (Å²) in [6, 6.07) is 9.20. The predicted molar refractivity (Wildman–Crippen MR) is 102 cm³/mol. The van der Waals surface area contributed by atoms with Crippen LogP contribution in [0.1, 0.15) is 37.8 Å². The van der Waals surface area contributed by atoms with Crippen molar-refractivity contribution in [3.05, 3.63) is 35.4 Å². The Hall–Kier alpha value is -1.59.